The Morgan fingerprint density at radius 1 is 1.04 bits per heavy atom. The molecule has 1 aromatic heterocycles. The third kappa shape index (κ3) is 4.82. The van der Waals surface area contributed by atoms with E-state index in [0.717, 1.165) is 24.3 Å². The fourth-order valence-electron chi connectivity index (χ4n) is 2.23. The summed E-state index contributed by atoms with van der Waals surface area (Å²) in [5.74, 6) is -0.564. The second-order valence-corrected chi connectivity index (χ2v) is 5.81. The van der Waals surface area contributed by atoms with Crippen molar-refractivity contribution >= 4 is 28.8 Å². The molecule has 0 bridgehead atoms. The predicted octanol–water partition coefficient (Wildman–Crippen LogP) is 2.60. The smallest absolute Gasteiger partial charge is 0.269 e. The third-order valence-electron chi connectivity index (χ3n) is 3.52. The highest BCUT2D eigenvalue weighted by atomic mass is 32.1. The number of hydrogen-bond donors (Lipinski definition) is 2. The Morgan fingerprint density at radius 2 is 1.74 bits per heavy atom. The number of carbonyl (C=O) groups is 2. The van der Waals surface area contributed by atoms with E-state index in [1.54, 1.807) is 12.1 Å². The number of hydrogen-bond acceptors (Lipinski definition) is 4. The van der Waals surface area contributed by atoms with Gasteiger partial charge >= 0.3 is 0 Å². The van der Waals surface area contributed by atoms with Crippen LogP contribution in [0.5, 0.6) is 0 Å². The Kier molecular flexibility index (Phi) is 6.17. The van der Waals surface area contributed by atoms with Crippen LogP contribution in [0.25, 0.3) is 0 Å². The molecular weight excluding hydrogens is 310 g/mol. The van der Waals surface area contributed by atoms with Gasteiger partial charge in [-0.25, -0.2) is 0 Å². The van der Waals surface area contributed by atoms with E-state index in [-0.39, 0.29) is 18.2 Å². The third-order valence-corrected chi connectivity index (χ3v) is 4.25. The van der Waals surface area contributed by atoms with Crippen molar-refractivity contribution in [2.75, 3.05) is 18.0 Å². The average Bonchev–Trinajstić information content (AvgIpc) is 3.07. The summed E-state index contributed by atoms with van der Waals surface area (Å²) in [7, 11) is 0. The molecule has 0 unspecified atom stereocenters. The highest BCUT2D eigenvalue weighted by Crippen LogP contribution is 2.14. The van der Waals surface area contributed by atoms with E-state index in [4.69, 9.17) is 0 Å². The Labute approximate surface area is 140 Å². The van der Waals surface area contributed by atoms with Crippen LogP contribution in [0.1, 0.15) is 29.8 Å². The van der Waals surface area contributed by atoms with Gasteiger partial charge in [0.1, 0.15) is 0 Å². The van der Waals surface area contributed by atoms with Gasteiger partial charge in [0.05, 0.1) is 6.42 Å². The molecule has 5 nitrogen and oxygen atoms in total. The van der Waals surface area contributed by atoms with Gasteiger partial charge in [-0.2, -0.15) is 11.3 Å². The van der Waals surface area contributed by atoms with Crippen LogP contribution in [0, 0.1) is 0 Å². The monoisotopic (exact) mass is 331 g/mol. The van der Waals surface area contributed by atoms with Crippen LogP contribution in [0.15, 0.2) is 41.1 Å². The highest BCUT2D eigenvalue weighted by molar-refractivity contribution is 7.08. The second-order valence-electron chi connectivity index (χ2n) is 5.03. The van der Waals surface area contributed by atoms with Crippen LogP contribution in [0.4, 0.5) is 5.69 Å². The lowest BCUT2D eigenvalue weighted by Gasteiger charge is -2.21. The van der Waals surface area contributed by atoms with Gasteiger partial charge in [-0.15, -0.1) is 0 Å². The molecule has 6 heteroatoms. The lowest BCUT2D eigenvalue weighted by atomic mass is 10.2. The number of nitrogens with one attached hydrogen (secondary N) is 2. The molecule has 0 spiro atoms. The van der Waals surface area contributed by atoms with Crippen LogP contribution >= 0.6 is 11.3 Å². The zero-order valence-electron chi connectivity index (χ0n) is 13.3. The quantitative estimate of drug-likeness (QED) is 0.800. The number of carbonyl (C=O) groups excluding carboxylic acids is 2. The van der Waals surface area contributed by atoms with E-state index >= 15 is 0 Å². The van der Waals surface area contributed by atoms with Crippen molar-refractivity contribution < 1.29 is 9.59 Å². The van der Waals surface area contributed by atoms with E-state index in [1.807, 2.05) is 29.0 Å². The Hall–Kier alpha value is -2.34. The molecular formula is C17H21N3O2S. The largest absolute Gasteiger partial charge is 0.372 e. The highest BCUT2D eigenvalue weighted by Gasteiger charge is 2.09. The number of hydrazine groups is 1. The lowest BCUT2D eigenvalue weighted by Crippen LogP contribution is -2.42. The zero-order chi connectivity index (χ0) is 16.7. The Balaban J connectivity index is 1.86. The molecule has 0 saturated heterocycles. The first-order chi connectivity index (χ1) is 11.1. The van der Waals surface area contributed by atoms with Gasteiger partial charge in [0.25, 0.3) is 5.91 Å². The Bertz CT molecular complexity index is 634. The summed E-state index contributed by atoms with van der Waals surface area (Å²) in [4.78, 5) is 26.0. The van der Waals surface area contributed by atoms with Crippen LogP contribution in [-0.4, -0.2) is 24.9 Å². The van der Waals surface area contributed by atoms with E-state index in [9.17, 15) is 9.59 Å². The number of rotatable bonds is 6. The maximum Gasteiger partial charge on any atom is 0.269 e. The van der Waals surface area contributed by atoms with Crippen molar-refractivity contribution in [1.29, 1.82) is 0 Å². The van der Waals surface area contributed by atoms with Crippen molar-refractivity contribution in [2.45, 2.75) is 20.3 Å². The van der Waals surface area contributed by atoms with Crippen LogP contribution in [-0.2, 0) is 11.2 Å². The van der Waals surface area contributed by atoms with Gasteiger partial charge < -0.3 is 4.90 Å². The van der Waals surface area contributed by atoms with Gasteiger partial charge in [0.2, 0.25) is 5.91 Å². The molecule has 0 radical (unpaired) electrons. The number of anilines is 1. The van der Waals surface area contributed by atoms with E-state index < -0.39 is 0 Å². The molecule has 2 N–H and O–H groups in total. The summed E-state index contributed by atoms with van der Waals surface area (Å²) in [6.07, 6.45) is 0.255. The maximum absolute atomic E-state index is 12.0. The van der Waals surface area contributed by atoms with Crippen LogP contribution in [0.2, 0.25) is 0 Å². The SMILES string of the molecule is CCN(CC)c1ccc(C(=O)NNC(=O)Cc2ccsc2)cc1. The fourth-order valence-corrected chi connectivity index (χ4v) is 2.90. The minimum atomic E-state index is -0.324. The molecule has 2 aromatic rings. The van der Waals surface area contributed by atoms with Gasteiger partial charge in [-0.1, -0.05) is 0 Å². The minimum absolute atomic E-state index is 0.239. The molecule has 0 atom stereocenters. The summed E-state index contributed by atoms with van der Waals surface area (Å²) in [6.45, 7) is 6.02. The molecule has 0 aliphatic carbocycles. The molecule has 0 saturated carbocycles. The van der Waals surface area contributed by atoms with Crippen molar-refractivity contribution in [2.24, 2.45) is 0 Å². The van der Waals surface area contributed by atoms with Crippen molar-refractivity contribution in [3.8, 4) is 0 Å². The van der Waals surface area contributed by atoms with Crippen molar-refractivity contribution in [1.82, 2.24) is 10.9 Å². The topological polar surface area (TPSA) is 61.4 Å². The summed E-state index contributed by atoms with van der Waals surface area (Å²) in [5.41, 5.74) is 7.40. The molecule has 2 amide bonds. The van der Waals surface area contributed by atoms with Gasteiger partial charge in [0, 0.05) is 24.3 Å². The number of thiophene rings is 1. The first-order valence-corrected chi connectivity index (χ1v) is 8.53. The first kappa shape index (κ1) is 17.0. The number of amides is 2. The van der Waals surface area contributed by atoms with Gasteiger partial charge in [-0.3, -0.25) is 20.4 Å². The Morgan fingerprint density at radius 3 is 2.30 bits per heavy atom. The van der Waals surface area contributed by atoms with Gasteiger partial charge in [-0.05, 0) is 60.5 Å². The minimum Gasteiger partial charge on any atom is -0.372 e. The standard InChI is InChI=1S/C17H21N3O2S/c1-3-20(4-2)15-7-5-14(6-8-15)17(22)19-18-16(21)11-13-9-10-23-12-13/h5-10,12H,3-4,11H2,1-2H3,(H,18,21)(H,19,22). The fraction of sp³-hybridized carbons (Fsp3) is 0.294. The summed E-state index contributed by atoms with van der Waals surface area (Å²) in [5, 5.41) is 3.83. The normalized spacial score (nSPS) is 10.2. The number of benzene rings is 1. The lowest BCUT2D eigenvalue weighted by molar-refractivity contribution is -0.121. The molecule has 0 fully saturated rings. The van der Waals surface area contributed by atoms with Crippen molar-refractivity contribution in [3.05, 3.63) is 52.2 Å². The molecule has 0 aliphatic rings. The van der Waals surface area contributed by atoms with Crippen LogP contribution < -0.4 is 15.8 Å². The van der Waals surface area contributed by atoms with Gasteiger partial charge in [0.15, 0.2) is 0 Å². The predicted molar refractivity (Wildman–Crippen MR) is 93.6 cm³/mol. The summed E-state index contributed by atoms with van der Waals surface area (Å²) in [6, 6.07) is 9.23. The van der Waals surface area contributed by atoms with Crippen molar-refractivity contribution in [3.63, 3.8) is 0 Å². The molecule has 2 rings (SSSR count). The summed E-state index contributed by atoms with van der Waals surface area (Å²) >= 11 is 1.54. The zero-order valence-corrected chi connectivity index (χ0v) is 14.2. The summed E-state index contributed by atoms with van der Waals surface area (Å²) < 4.78 is 0. The second kappa shape index (κ2) is 8.33. The van der Waals surface area contributed by atoms with E-state index in [2.05, 4.69) is 29.6 Å². The molecule has 23 heavy (non-hydrogen) atoms. The number of nitrogens with zero attached hydrogens (tertiary/aromatic N) is 1. The first-order valence-electron chi connectivity index (χ1n) is 7.59. The molecule has 1 heterocycles. The molecule has 1 aromatic carbocycles. The maximum atomic E-state index is 12.0. The van der Waals surface area contributed by atoms with Crippen LogP contribution in [0.3, 0.4) is 0 Å². The molecule has 122 valence electrons. The molecule has 0 aliphatic heterocycles. The van der Waals surface area contributed by atoms with E-state index in [1.165, 1.54) is 11.3 Å². The average molecular weight is 331 g/mol. The van der Waals surface area contributed by atoms with E-state index in [0.29, 0.717) is 5.56 Å².